The number of ether oxygens (including phenoxy) is 1. The van der Waals surface area contributed by atoms with E-state index in [1.165, 1.54) is 0 Å². The van der Waals surface area contributed by atoms with Gasteiger partial charge in [-0.05, 0) is 6.42 Å². The lowest BCUT2D eigenvalue weighted by atomic mass is 9.91. The number of aliphatic carboxylic acids is 1. The zero-order chi connectivity index (χ0) is 7.90. The van der Waals surface area contributed by atoms with Gasteiger partial charge in [0.1, 0.15) is 0 Å². The number of carbonyl (C=O) groups is 1. The van der Waals surface area contributed by atoms with E-state index < -0.39 is 11.6 Å². The molecule has 2 rings (SSSR count). The van der Waals surface area contributed by atoms with Gasteiger partial charge in [0.05, 0.1) is 0 Å². The van der Waals surface area contributed by atoms with Gasteiger partial charge in [0.2, 0.25) is 0 Å². The first-order valence-electron chi connectivity index (χ1n) is 3.84. The van der Waals surface area contributed by atoms with Crippen molar-refractivity contribution in [2.75, 3.05) is 19.7 Å². The van der Waals surface area contributed by atoms with Crippen LogP contribution in [0.5, 0.6) is 0 Å². The smallest absolute Gasteiger partial charge is 0.337 e. The molecule has 2 aliphatic heterocycles. The summed E-state index contributed by atoms with van der Waals surface area (Å²) in [6.45, 7) is 1.85. The Morgan fingerprint density at radius 1 is 1.67 bits per heavy atom. The van der Waals surface area contributed by atoms with Crippen molar-refractivity contribution in [3.8, 4) is 0 Å². The van der Waals surface area contributed by atoms with Crippen LogP contribution in [-0.2, 0) is 9.53 Å². The highest BCUT2D eigenvalue weighted by Crippen LogP contribution is 2.35. The Morgan fingerprint density at radius 3 is 3.00 bits per heavy atom. The first-order valence-corrected chi connectivity index (χ1v) is 3.84. The third-order valence-electron chi connectivity index (χ3n) is 2.63. The van der Waals surface area contributed by atoms with Crippen LogP contribution in [0.1, 0.15) is 6.42 Å². The average Bonchev–Trinajstić information content (AvgIpc) is 2.40. The Morgan fingerprint density at radius 2 is 2.42 bits per heavy atom. The monoisotopic (exact) mass is 193 g/mol. The molecule has 2 heterocycles. The first-order chi connectivity index (χ1) is 5.26. The van der Waals surface area contributed by atoms with Crippen LogP contribution in [0.3, 0.4) is 0 Å². The van der Waals surface area contributed by atoms with Crippen LogP contribution in [0.25, 0.3) is 0 Å². The van der Waals surface area contributed by atoms with E-state index in [9.17, 15) is 4.79 Å². The van der Waals surface area contributed by atoms with Gasteiger partial charge in [0.15, 0.2) is 5.60 Å². The maximum atomic E-state index is 10.8. The van der Waals surface area contributed by atoms with Crippen LogP contribution in [-0.4, -0.2) is 36.4 Å². The fourth-order valence-corrected chi connectivity index (χ4v) is 1.94. The zero-order valence-electron chi connectivity index (χ0n) is 6.58. The Hall–Kier alpha value is -0.320. The van der Waals surface area contributed by atoms with Gasteiger partial charge in [-0.1, -0.05) is 0 Å². The van der Waals surface area contributed by atoms with Crippen molar-refractivity contribution in [2.24, 2.45) is 5.92 Å². The van der Waals surface area contributed by atoms with E-state index in [1.54, 1.807) is 0 Å². The van der Waals surface area contributed by atoms with E-state index in [0.717, 1.165) is 13.0 Å². The third kappa shape index (κ3) is 1.11. The van der Waals surface area contributed by atoms with Crippen molar-refractivity contribution < 1.29 is 14.6 Å². The number of rotatable bonds is 1. The summed E-state index contributed by atoms with van der Waals surface area (Å²) in [5.74, 6) is -0.634. The summed E-state index contributed by atoms with van der Waals surface area (Å²) in [5, 5.41) is 11.9. The average molecular weight is 194 g/mol. The van der Waals surface area contributed by atoms with Crippen LogP contribution >= 0.6 is 12.4 Å². The van der Waals surface area contributed by atoms with Gasteiger partial charge < -0.3 is 15.2 Å². The van der Waals surface area contributed by atoms with Crippen molar-refractivity contribution in [3.63, 3.8) is 0 Å². The molecular formula is C7H12ClNO3. The van der Waals surface area contributed by atoms with Gasteiger partial charge in [-0.2, -0.15) is 0 Å². The summed E-state index contributed by atoms with van der Waals surface area (Å²) in [7, 11) is 0. The van der Waals surface area contributed by atoms with Crippen LogP contribution in [0, 0.1) is 5.92 Å². The van der Waals surface area contributed by atoms with E-state index in [2.05, 4.69) is 5.32 Å². The van der Waals surface area contributed by atoms with E-state index in [-0.39, 0.29) is 18.3 Å². The number of halogens is 1. The minimum atomic E-state index is -0.889. The first kappa shape index (κ1) is 9.77. The Balaban J connectivity index is 0.000000720. The summed E-state index contributed by atoms with van der Waals surface area (Å²) in [6.07, 6.45) is 0.874. The standard InChI is InChI=1S/C7H11NO3.ClH/c9-6(10)7-4-8-3-5(7)1-2-11-7;/h5,8H,1-4H2,(H,9,10);1H/t5-,7+;/m1./s1. The number of carboxylic acids is 1. The van der Waals surface area contributed by atoms with Gasteiger partial charge in [0.25, 0.3) is 0 Å². The number of hydrogen-bond donors (Lipinski definition) is 2. The fourth-order valence-electron chi connectivity index (χ4n) is 1.94. The molecule has 2 fully saturated rings. The van der Waals surface area contributed by atoms with E-state index in [1.807, 2.05) is 0 Å². The van der Waals surface area contributed by atoms with Gasteiger partial charge in [-0.25, -0.2) is 4.79 Å². The summed E-state index contributed by atoms with van der Waals surface area (Å²) >= 11 is 0. The van der Waals surface area contributed by atoms with Crippen LogP contribution in [0.15, 0.2) is 0 Å². The number of carboxylic acid groups (broad SMARTS) is 1. The SMILES string of the molecule is Cl.O=C(O)[C@]12CNC[C@H]1CCO2. The molecule has 0 bridgehead atoms. The Kier molecular flexibility index (Phi) is 2.61. The van der Waals surface area contributed by atoms with E-state index >= 15 is 0 Å². The number of fused-ring (bicyclic) bond motifs is 1. The summed E-state index contributed by atoms with van der Waals surface area (Å²) < 4.78 is 5.26. The molecule has 12 heavy (non-hydrogen) atoms. The lowest BCUT2D eigenvalue weighted by molar-refractivity contribution is -0.160. The molecule has 2 atom stereocenters. The number of hydrogen-bond acceptors (Lipinski definition) is 3. The zero-order valence-corrected chi connectivity index (χ0v) is 7.39. The molecule has 2 saturated heterocycles. The maximum absolute atomic E-state index is 10.8. The molecule has 0 radical (unpaired) electrons. The lowest BCUT2D eigenvalue weighted by Crippen LogP contribution is -2.44. The second-order valence-electron chi connectivity index (χ2n) is 3.16. The van der Waals surface area contributed by atoms with Gasteiger partial charge in [0, 0.05) is 25.6 Å². The molecule has 70 valence electrons. The Bertz CT molecular complexity index is 187. The minimum Gasteiger partial charge on any atom is -0.479 e. The third-order valence-corrected chi connectivity index (χ3v) is 2.63. The van der Waals surface area contributed by atoms with Crippen molar-refractivity contribution in [2.45, 2.75) is 12.0 Å². The molecule has 0 saturated carbocycles. The van der Waals surface area contributed by atoms with Crippen molar-refractivity contribution in [1.82, 2.24) is 5.32 Å². The van der Waals surface area contributed by atoms with Crippen molar-refractivity contribution >= 4 is 18.4 Å². The van der Waals surface area contributed by atoms with E-state index in [4.69, 9.17) is 9.84 Å². The van der Waals surface area contributed by atoms with E-state index in [0.29, 0.717) is 13.2 Å². The lowest BCUT2D eigenvalue weighted by Gasteiger charge is -2.21. The van der Waals surface area contributed by atoms with Crippen molar-refractivity contribution in [1.29, 1.82) is 0 Å². The normalized spacial score (nSPS) is 38.8. The van der Waals surface area contributed by atoms with Crippen LogP contribution < -0.4 is 5.32 Å². The van der Waals surface area contributed by atoms with Gasteiger partial charge in [-0.3, -0.25) is 0 Å². The summed E-state index contributed by atoms with van der Waals surface area (Å²) in [5.41, 5.74) is -0.889. The van der Waals surface area contributed by atoms with Crippen molar-refractivity contribution in [3.05, 3.63) is 0 Å². The quantitative estimate of drug-likeness (QED) is 0.609. The molecular weight excluding hydrogens is 182 g/mol. The molecule has 4 nitrogen and oxygen atoms in total. The minimum absolute atomic E-state index is 0. The molecule has 0 unspecified atom stereocenters. The predicted molar refractivity (Wildman–Crippen MR) is 44.5 cm³/mol. The molecule has 0 aromatic rings. The Labute approximate surface area is 76.7 Å². The molecule has 0 spiro atoms. The highest BCUT2D eigenvalue weighted by molar-refractivity contribution is 5.85. The number of nitrogens with one attached hydrogen (secondary N) is 1. The largest absolute Gasteiger partial charge is 0.479 e. The summed E-state index contributed by atoms with van der Waals surface area (Å²) in [4.78, 5) is 10.8. The molecule has 2 aliphatic rings. The highest BCUT2D eigenvalue weighted by Gasteiger charge is 2.53. The maximum Gasteiger partial charge on any atom is 0.337 e. The molecule has 0 aliphatic carbocycles. The fraction of sp³-hybridized carbons (Fsp3) is 0.857. The second kappa shape index (κ2) is 3.20. The van der Waals surface area contributed by atoms with Gasteiger partial charge >= 0.3 is 5.97 Å². The van der Waals surface area contributed by atoms with Crippen LogP contribution in [0.4, 0.5) is 0 Å². The molecule has 5 heteroatoms. The molecule has 0 aromatic heterocycles. The topological polar surface area (TPSA) is 58.6 Å². The van der Waals surface area contributed by atoms with Crippen LogP contribution in [0.2, 0.25) is 0 Å². The summed E-state index contributed by atoms with van der Waals surface area (Å²) in [6, 6.07) is 0. The highest BCUT2D eigenvalue weighted by atomic mass is 35.5. The molecule has 0 amide bonds. The molecule has 0 aromatic carbocycles. The predicted octanol–water partition coefficient (Wildman–Crippen LogP) is -0.129. The second-order valence-corrected chi connectivity index (χ2v) is 3.16. The molecule has 2 N–H and O–H groups in total. The van der Waals surface area contributed by atoms with Gasteiger partial charge in [-0.15, -0.1) is 12.4 Å².